The summed E-state index contributed by atoms with van der Waals surface area (Å²) in [6.07, 6.45) is 1.54. The highest BCUT2D eigenvalue weighted by atomic mass is 35.5. The van der Waals surface area contributed by atoms with Crippen LogP contribution in [0.1, 0.15) is 27.4 Å². The molecule has 0 aliphatic heterocycles. The van der Waals surface area contributed by atoms with Gasteiger partial charge >= 0.3 is 0 Å². The largest absolute Gasteiger partial charge is 0.464 e. The first-order valence-electron chi connectivity index (χ1n) is 10.2. The maximum Gasteiger partial charge on any atom is 0.254 e. The summed E-state index contributed by atoms with van der Waals surface area (Å²) in [7, 11) is 0. The van der Waals surface area contributed by atoms with Crippen LogP contribution in [0.3, 0.4) is 0 Å². The van der Waals surface area contributed by atoms with Crippen molar-refractivity contribution >= 4 is 35.0 Å². The molecule has 1 heterocycles. The zero-order valence-corrected chi connectivity index (χ0v) is 19.6. The number of hydrogen-bond acceptors (Lipinski definition) is 3. The Morgan fingerprint density at radius 2 is 1.73 bits per heavy atom. The molecule has 172 valence electrons. The van der Waals surface area contributed by atoms with Crippen molar-refractivity contribution in [3.63, 3.8) is 0 Å². The maximum atomic E-state index is 13.3. The van der Waals surface area contributed by atoms with Crippen molar-refractivity contribution < 1.29 is 18.4 Å². The Labute approximate surface area is 202 Å². The number of furan rings is 1. The van der Waals surface area contributed by atoms with Crippen LogP contribution in [0.25, 0.3) is 0 Å². The normalized spacial score (nSPS) is 10.7. The van der Waals surface area contributed by atoms with Gasteiger partial charge in [-0.3, -0.25) is 9.59 Å². The van der Waals surface area contributed by atoms with Gasteiger partial charge in [-0.15, -0.1) is 6.58 Å². The molecular formula is C25H23Cl2FN2O3. The lowest BCUT2D eigenvalue weighted by Gasteiger charge is -2.27. The number of aryl methyl sites for hydroxylation is 1. The van der Waals surface area contributed by atoms with Crippen LogP contribution in [0, 0.1) is 12.7 Å². The maximum absolute atomic E-state index is 13.3. The van der Waals surface area contributed by atoms with Crippen LogP contribution in [-0.4, -0.2) is 34.7 Å². The van der Waals surface area contributed by atoms with Gasteiger partial charge in [-0.1, -0.05) is 41.4 Å². The zero-order chi connectivity index (χ0) is 24.0. The summed E-state index contributed by atoms with van der Waals surface area (Å²) < 4.78 is 19.0. The number of amides is 2. The summed E-state index contributed by atoms with van der Waals surface area (Å²) in [4.78, 5) is 29.3. The Morgan fingerprint density at radius 1 is 1.00 bits per heavy atom. The van der Waals surface area contributed by atoms with Crippen molar-refractivity contribution in [1.29, 1.82) is 0 Å². The minimum atomic E-state index is -0.377. The van der Waals surface area contributed by atoms with Crippen molar-refractivity contribution in [2.75, 3.05) is 13.1 Å². The molecule has 0 aliphatic carbocycles. The second-order valence-corrected chi connectivity index (χ2v) is 8.31. The fraction of sp³-hybridized carbons (Fsp3) is 0.200. The SMILES string of the molecule is C=CCN(CC(=O)N(Cc1ccc(F)cc1)Cc1ccc(C)o1)C(=O)c1ccc(Cl)c(Cl)c1. The lowest BCUT2D eigenvalue weighted by Crippen LogP contribution is -2.42. The second kappa shape index (κ2) is 11.2. The first-order chi connectivity index (χ1) is 15.8. The summed E-state index contributed by atoms with van der Waals surface area (Å²) in [6, 6.07) is 14.1. The van der Waals surface area contributed by atoms with E-state index in [4.69, 9.17) is 27.6 Å². The zero-order valence-electron chi connectivity index (χ0n) is 18.1. The van der Waals surface area contributed by atoms with E-state index in [0.717, 1.165) is 11.3 Å². The fourth-order valence-electron chi connectivity index (χ4n) is 3.25. The van der Waals surface area contributed by atoms with Crippen LogP contribution in [0.4, 0.5) is 4.39 Å². The van der Waals surface area contributed by atoms with Crippen molar-refractivity contribution in [2.24, 2.45) is 0 Å². The Kier molecular flexibility index (Phi) is 8.31. The second-order valence-electron chi connectivity index (χ2n) is 7.49. The molecule has 5 nitrogen and oxygen atoms in total. The lowest BCUT2D eigenvalue weighted by molar-refractivity contribution is -0.133. The predicted octanol–water partition coefficient (Wildman–Crippen LogP) is 5.89. The van der Waals surface area contributed by atoms with Crippen LogP contribution < -0.4 is 0 Å². The number of carbonyl (C=O) groups excluding carboxylic acids is 2. The molecule has 0 spiro atoms. The van der Waals surface area contributed by atoms with Gasteiger partial charge in [0.1, 0.15) is 23.9 Å². The van der Waals surface area contributed by atoms with Gasteiger partial charge in [0.05, 0.1) is 16.6 Å². The van der Waals surface area contributed by atoms with Crippen LogP contribution in [0.5, 0.6) is 0 Å². The van der Waals surface area contributed by atoms with Gasteiger partial charge in [-0.2, -0.15) is 0 Å². The van der Waals surface area contributed by atoms with Gasteiger partial charge in [-0.25, -0.2) is 4.39 Å². The van der Waals surface area contributed by atoms with Gasteiger partial charge in [0.15, 0.2) is 0 Å². The smallest absolute Gasteiger partial charge is 0.254 e. The number of carbonyl (C=O) groups is 2. The molecule has 33 heavy (non-hydrogen) atoms. The summed E-state index contributed by atoms with van der Waals surface area (Å²) in [6.45, 7) is 5.91. The number of benzene rings is 2. The van der Waals surface area contributed by atoms with Crippen molar-refractivity contribution in [2.45, 2.75) is 20.0 Å². The minimum Gasteiger partial charge on any atom is -0.464 e. The molecule has 0 N–H and O–H groups in total. The van der Waals surface area contributed by atoms with Gasteiger partial charge in [-0.05, 0) is 55.0 Å². The average molecular weight is 489 g/mol. The van der Waals surface area contributed by atoms with E-state index >= 15 is 0 Å². The fourth-order valence-corrected chi connectivity index (χ4v) is 3.55. The van der Waals surface area contributed by atoms with Gasteiger partial charge in [0.25, 0.3) is 5.91 Å². The van der Waals surface area contributed by atoms with E-state index in [0.29, 0.717) is 16.3 Å². The van der Waals surface area contributed by atoms with E-state index < -0.39 is 0 Å². The molecule has 0 aliphatic rings. The van der Waals surface area contributed by atoms with Crippen molar-refractivity contribution in [3.05, 3.63) is 106 Å². The summed E-state index contributed by atoms with van der Waals surface area (Å²) in [5.74, 6) is 0.292. The monoisotopic (exact) mass is 488 g/mol. The molecule has 0 atom stereocenters. The molecule has 0 fully saturated rings. The highest BCUT2D eigenvalue weighted by molar-refractivity contribution is 6.42. The van der Waals surface area contributed by atoms with E-state index in [2.05, 4.69) is 6.58 Å². The van der Waals surface area contributed by atoms with Gasteiger partial charge < -0.3 is 14.2 Å². The Hall–Kier alpha value is -3.09. The van der Waals surface area contributed by atoms with Crippen molar-refractivity contribution in [1.82, 2.24) is 9.80 Å². The minimum absolute atomic E-state index is 0.162. The molecular weight excluding hydrogens is 466 g/mol. The molecule has 0 unspecified atom stereocenters. The van der Waals surface area contributed by atoms with Crippen molar-refractivity contribution in [3.8, 4) is 0 Å². The first kappa shape index (κ1) is 24.6. The Bertz CT molecular complexity index is 1140. The standard InChI is InChI=1S/C25H23Cl2FN2O3/c1-3-12-29(25(32)19-7-11-22(26)23(27)13-19)16-24(31)30(15-21-10-4-17(2)33-21)14-18-5-8-20(28)9-6-18/h3-11,13H,1,12,14-16H2,2H3. The summed E-state index contributed by atoms with van der Waals surface area (Å²) in [5.41, 5.74) is 1.06. The van der Waals surface area contributed by atoms with Gasteiger partial charge in [0, 0.05) is 18.7 Å². The quantitative estimate of drug-likeness (QED) is 0.352. The lowest BCUT2D eigenvalue weighted by atomic mass is 10.2. The molecule has 8 heteroatoms. The molecule has 3 rings (SSSR count). The number of nitrogens with zero attached hydrogens (tertiary/aromatic N) is 2. The molecule has 1 aromatic heterocycles. The summed E-state index contributed by atoms with van der Waals surface area (Å²) >= 11 is 12.0. The topological polar surface area (TPSA) is 53.8 Å². The number of hydrogen-bond donors (Lipinski definition) is 0. The van der Waals surface area contributed by atoms with Crippen LogP contribution in [0.15, 0.2) is 71.7 Å². The predicted molar refractivity (Wildman–Crippen MR) is 127 cm³/mol. The van der Waals surface area contributed by atoms with Crippen LogP contribution in [-0.2, 0) is 17.9 Å². The molecule has 0 bridgehead atoms. The third-order valence-electron chi connectivity index (χ3n) is 4.91. The highest BCUT2D eigenvalue weighted by Crippen LogP contribution is 2.23. The first-order valence-corrected chi connectivity index (χ1v) is 10.9. The van der Waals surface area contributed by atoms with E-state index in [1.165, 1.54) is 29.2 Å². The highest BCUT2D eigenvalue weighted by Gasteiger charge is 2.23. The van der Waals surface area contributed by atoms with Crippen LogP contribution >= 0.6 is 23.2 Å². The average Bonchev–Trinajstić information content (AvgIpc) is 3.20. The van der Waals surface area contributed by atoms with E-state index in [1.54, 1.807) is 35.2 Å². The number of halogens is 3. The van der Waals surface area contributed by atoms with Crippen LogP contribution in [0.2, 0.25) is 10.0 Å². The molecule has 3 aromatic rings. The van der Waals surface area contributed by atoms with Gasteiger partial charge in [0.2, 0.25) is 5.91 Å². The third kappa shape index (κ3) is 6.70. The molecule has 0 saturated carbocycles. The third-order valence-corrected chi connectivity index (χ3v) is 5.65. The molecule has 0 radical (unpaired) electrons. The molecule has 0 saturated heterocycles. The van der Waals surface area contributed by atoms with E-state index in [-0.39, 0.29) is 48.8 Å². The number of rotatable bonds is 9. The van der Waals surface area contributed by atoms with E-state index in [9.17, 15) is 14.0 Å². The Balaban J connectivity index is 1.82. The summed E-state index contributed by atoms with van der Waals surface area (Å²) in [5, 5.41) is 0.581. The Morgan fingerprint density at radius 3 is 2.33 bits per heavy atom. The molecule has 2 aromatic carbocycles. The molecule has 2 amide bonds. The van der Waals surface area contributed by atoms with E-state index in [1.807, 2.05) is 13.0 Å².